The quantitative estimate of drug-likeness (QED) is 0.795. The lowest BCUT2D eigenvalue weighted by Crippen LogP contribution is -2.42. The molecule has 0 atom stereocenters. The topological polar surface area (TPSA) is 69.6 Å². The largest absolute Gasteiger partial charge is 0.478 e. The molecule has 0 radical (unpaired) electrons. The van der Waals surface area contributed by atoms with E-state index < -0.39 is 11.6 Å². The van der Waals surface area contributed by atoms with Gasteiger partial charge in [-0.1, -0.05) is 13.8 Å². The van der Waals surface area contributed by atoms with Crippen molar-refractivity contribution in [3.63, 3.8) is 0 Å². The first kappa shape index (κ1) is 15.8. The first-order valence-corrected chi connectivity index (χ1v) is 7.51. The predicted octanol–water partition coefficient (Wildman–Crippen LogP) is 3.44. The molecular formula is C17H25NO3. The summed E-state index contributed by atoms with van der Waals surface area (Å²) < 4.78 is 0. The van der Waals surface area contributed by atoms with Crippen molar-refractivity contribution in [2.24, 2.45) is 5.41 Å². The fraction of sp³-hybridized carbons (Fsp3) is 0.588. The number of carbonyl (C=O) groups is 1. The Labute approximate surface area is 126 Å². The SMILES string of the molecule is Cc1cc(NCC2(O)CCC(C)(C)CC2)ccc1C(=O)O. The summed E-state index contributed by atoms with van der Waals surface area (Å²) in [4.78, 5) is 11.0. The Balaban J connectivity index is 1.97. The van der Waals surface area contributed by atoms with E-state index in [4.69, 9.17) is 5.11 Å². The van der Waals surface area contributed by atoms with Crippen molar-refractivity contribution in [2.45, 2.75) is 52.1 Å². The van der Waals surface area contributed by atoms with Crippen LogP contribution in [0.15, 0.2) is 18.2 Å². The first-order valence-electron chi connectivity index (χ1n) is 7.51. The molecule has 1 saturated carbocycles. The van der Waals surface area contributed by atoms with Crippen LogP contribution in [-0.4, -0.2) is 28.3 Å². The number of aromatic carboxylic acids is 1. The minimum Gasteiger partial charge on any atom is -0.478 e. The van der Waals surface area contributed by atoms with Gasteiger partial charge in [0.2, 0.25) is 0 Å². The molecule has 0 aliphatic heterocycles. The lowest BCUT2D eigenvalue weighted by atomic mass is 9.71. The highest BCUT2D eigenvalue weighted by Crippen LogP contribution is 2.40. The summed E-state index contributed by atoms with van der Waals surface area (Å²) in [5, 5.41) is 22.9. The Morgan fingerprint density at radius 2 is 1.86 bits per heavy atom. The number of anilines is 1. The number of benzene rings is 1. The second-order valence-corrected chi connectivity index (χ2v) is 7.08. The normalized spacial score (nSPS) is 20.0. The van der Waals surface area contributed by atoms with Crippen molar-refractivity contribution in [3.8, 4) is 0 Å². The van der Waals surface area contributed by atoms with Crippen molar-refractivity contribution in [1.29, 1.82) is 0 Å². The average Bonchev–Trinajstić information content (AvgIpc) is 2.40. The summed E-state index contributed by atoms with van der Waals surface area (Å²) in [7, 11) is 0. The standard InChI is InChI=1S/C17H25NO3/c1-12-10-13(4-5-14(12)15(19)20)18-11-17(21)8-6-16(2,3)7-9-17/h4-5,10,18,21H,6-9,11H2,1-3H3,(H,19,20). The van der Waals surface area contributed by atoms with E-state index >= 15 is 0 Å². The molecule has 1 aliphatic carbocycles. The minimum absolute atomic E-state index is 0.318. The van der Waals surface area contributed by atoms with Crippen molar-refractivity contribution < 1.29 is 15.0 Å². The van der Waals surface area contributed by atoms with Gasteiger partial charge in [-0.15, -0.1) is 0 Å². The molecule has 4 heteroatoms. The van der Waals surface area contributed by atoms with Gasteiger partial charge in [0.15, 0.2) is 0 Å². The maximum Gasteiger partial charge on any atom is 0.335 e. The van der Waals surface area contributed by atoms with Crippen LogP contribution in [0.2, 0.25) is 0 Å². The van der Waals surface area contributed by atoms with Crippen LogP contribution < -0.4 is 5.32 Å². The number of carboxylic acid groups (broad SMARTS) is 1. The molecule has 0 heterocycles. The molecule has 116 valence electrons. The van der Waals surface area contributed by atoms with Crippen LogP contribution in [0.25, 0.3) is 0 Å². The molecule has 21 heavy (non-hydrogen) atoms. The highest BCUT2D eigenvalue weighted by Gasteiger charge is 2.36. The maximum atomic E-state index is 11.0. The number of aryl methyl sites for hydroxylation is 1. The third-order valence-electron chi connectivity index (χ3n) is 4.61. The van der Waals surface area contributed by atoms with Crippen molar-refractivity contribution in [2.75, 3.05) is 11.9 Å². The Hall–Kier alpha value is -1.55. The fourth-order valence-electron chi connectivity index (χ4n) is 2.85. The van der Waals surface area contributed by atoms with Gasteiger partial charge in [0, 0.05) is 12.2 Å². The van der Waals surface area contributed by atoms with E-state index in [-0.39, 0.29) is 0 Å². The van der Waals surface area contributed by atoms with Crippen LogP contribution >= 0.6 is 0 Å². The van der Waals surface area contributed by atoms with E-state index in [1.54, 1.807) is 19.1 Å². The Kier molecular flexibility index (Phi) is 4.28. The minimum atomic E-state index is -0.910. The van der Waals surface area contributed by atoms with Gasteiger partial charge < -0.3 is 15.5 Å². The number of aliphatic hydroxyl groups is 1. The zero-order valence-electron chi connectivity index (χ0n) is 13.1. The van der Waals surface area contributed by atoms with E-state index in [1.807, 2.05) is 6.07 Å². The number of carboxylic acids is 1. The van der Waals surface area contributed by atoms with E-state index in [2.05, 4.69) is 19.2 Å². The molecule has 0 amide bonds. The van der Waals surface area contributed by atoms with Gasteiger partial charge in [-0.25, -0.2) is 4.79 Å². The molecule has 4 nitrogen and oxygen atoms in total. The van der Waals surface area contributed by atoms with Gasteiger partial charge in [0.1, 0.15) is 0 Å². The first-order chi connectivity index (χ1) is 9.71. The Morgan fingerprint density at radius 3 is 2.38 bits per heavy atom. The molecule has 3 N–H and O–H groups in total. The highest BCUT2D eigenvalue weighted by atomic mass is 16.4. The number of hydrogen-bond acceptors (Lipinski definition) is 3. The Bertz CT molecular complexity index is 527. The Morgan fingerprint density at radius 1 is 1.24 bits per heavy atom. The maximum absolute atomic E-state index is 11.0. The van der Waals surface area contributed by atoms with Gasteiger partial charge in [0.05, 0.1) is 11.2 Å². The zero-order valence-corrected chi connectivity index (χ0v) is 13.1. The summed E-state index contributed by atoms with van der Waals surface area (Å²) >= 11 is 0. The molecular weight excluding hydrogens is 266 g/mol. The van der Waals surface area contributed by atoms with Crippen LogP contribution in [0.4, 0.5) is 5.69 Å². The van der Waals surface area contributed by atoms with E-state index in [9.17, 15) is 9.90 Å². The molecule has 1 fully saturated rings. The lowest BCUT2D eigenvalue weighted by Gasteiger charge is -2.40. The molecule has 0 spiro atoms. The van der Waals surface area contributed by atoms with Gasteiger partial charge in [-0.3, -0.25) is 0 Å². The summed E-state index contributed by atoms with van der Waals surface area (Å²) in [5.41, 5.74) is 1.57. The summed E-state index contributed by atoms with van der Waals surface area (Å²) in [6.07, 6.45) is 3.67. The average molecular weight is 291 g/mol. The van der Waals surface area contributed by atoms with Gasteiger partial charge in [-0.2, -0.15) is 0 Å². The summed E-state index contributed by atoms with van der Waals surface area (Å²) in [5.74, 6) is -0.910. The van der Waals surface area contributed by atoms with Crippen LogP contribution in [-0.2, 0) is 0 Å². The van der Waals surface area contributed by atoms with Gasteiger partial charge in [0.25, 0.3) is 0 Å². The summed E-state index contributed by atoms with van der Waals surface area (Å²) in [6.45, 7) is 6.78. The summed E-state index contributed by atoms with van der Waals surface area (Å²) in [6, 6.07) is 5.18. The smallest absolute Gasteiger partial charge is 0.335 e. The molecule has 1 aromatic carbocycles. The monoisotopic (exact) mass is 291 g/mol. The van der Waals surface area contributed by atoms with E-state index in [0.717, 1.165) is 36.9 Å². The fourth-order valence-corrected chi connectivity index (χ4v) is 2.85. The van der Waals surface area contributed by atoms with Crippen molar-refractivity contribution in [1.82, 2.24) is 0 Å². The number of hydrogen-bond donors (Lipinski definition) is 3. The second kappa shape index (κ2) is 5.68. The molecule has 2 rings (SSSR count). The number of nitrogens with one attached hydrogen (secondary N) is 1. The van der Waals surface area contributed by atoms with E-state index in [1.165, 1.54) is 0 Å². The molecule has 0 aromatic heterocycles. The second-order valence-electron chi connectivity index (χ2n) is 7.08. The van der Waals surface area contributed by atoms with E-state index in [0.29, 0.717) is 17.5 Å². The molecule has 1 aromatic rings. The van der Waals surface area contributed by atoms with Crippen molar-refractivity contribution in [3.05, 3.63) is 29.3 Å². The van der Waals surface area contributed by atoms with Gasteiger partial charge >= 0.3 is 5.97 Å². The van der Waals surface area contributed by atoms with Crippen molar-refractivity contribution >= 4 is 11.7 Å². The third kappa shape index (κ3) is 3.97. The predicted molar refractivity (Wildman–Crippen MR) is 83.8 cm³/mol. The van der Waals surface area contributed by atoms with Crippen LogP contribution in [0.3, 0.4) is 0 Å². The highest BCUT2D eigenvalue weighted by molar-refractivity contribution is 5.89. The van der Waals surface area contributed by atoms with Gasteiger partial charge in [-0.05, 0) is 61.8 Å². The molecule has 0 bridgehead atoms. The van der Waals surface area contributed by atoms with Crippen LogP contribution in [0, 0.1) is 12.3 Å². The lowest BCUT2D eigenvalue weighted by molar-refractivity contribution is -0.0145. The molecule has 0 unspecified atom stereocenters. The molecule has 0 saturated heterocycles. The number of rotatable bonds is 4. The van der Waals surface area contributed by atoms with Crippen LogP contribution in [0.1, 0.15) is 55.5 Å². The third-order valence-corrected chi connectivity index (χ3v) is 4.61. The zero-order chi connectivity index (χ0) is 15.7. The van der Waals surface area contributed by atoms with Crippen LogP contribution in [0.5, 0.6) is 0 Å². The molecule has 1 aliphatic rings.